The third-order valence-electron chi connectivity index (χ3n) is 2.44. The number of nitrogens with one attached hydrogen (secondary N) is 1. The van der Waals surface area contributed by atoms with Gasteiger partial charge in [-0.05, 0) is 37.6 Å². The molecule has 1 unspecified atom stereocenters. The molecule has 0 saturated carbocycles. The first-order chi connectivity index (χ1) is 8.26. The second-order valence-electron chi connectivity index (χ2n) is 3.90. The number of hydrogen-bond donors (Lipinski definition) is 1. The van der Waals surface area contributed by atoms with Crippen molar-refractivity contribution in [2.45, 2.75) is 19.4 Å². The van der Waals surface area contributed by atoms with Gasteiger partial charge < -0.3 is 14.8 Å². The van der Waals surface area contributed by atoms with Crippen molar-refractivity contribution in [3.63, 3.8) is 0 Å². The fourth-order valence-electron chi connectivity index (χ4n) is 1.48. The smallest absolute Gasteiger partial charge is 0.119 e. The van der Waals surface area contributed by atoms with E-state index in [1.165, 1.54) is 0 Å². The Kier molecular flexibility index (Phi) is 6.18. The van der Waals surface area contributed by atoms with E-state index in [0.717, 1.165) is 24.5 Å². The van der Waals surface area contributed by atoms with E-state index in [-0.39, 0.29) is 0 Å². The van der Waals surface area contributed by atoms with Gasteiger partial charge in [-0.2, -0.15) is 0 Å². The third kappa shape index (κ3) is 5.41. The van der Waals surface area contributed by atoms with Gasteiger partial charge in [-0.15, -0.1) is 6.58 Å². The lowest BCUT2D eigenvalue weighted by Gasteiger charge is -2.12. The molecule has 0 aliphatic rings. The lowest BCUT2D eigenvalue weighted by Crippen LogP contribution is -2.29. The van der Waals surface area contributed by atoms with Crippen LogP contribution in [0.1, 0.15) is 13.3 Å². The molecule has 0 heterocycles. The van der Waals surface area contributed by atoms with Crippen molar-refractivity contribution in [1.82, 2.24) is 5.32 Å². The highest BCUT2D eigenvalue weighted by molar-refractivity contribution is 5.31. The van der Waals surface area contributed by atoms with Crippen LogP contribution in [0.25, 0.3) is 0 Å². The highest BCUT2D eigenvalue weighted by atomic mass is 16.5. The Balaban J connectivity index is 2.19. The van der Waals surface area contributed by atoms with Crippen LogP contribution in [0, 0.1) is 0 Å². The number of rotatable bonds is 8. The van der Waals surface area contributed by atoms with Crippen molar-refractivity contribution >= 4 is 0 Å². The maximum Gasteiger partial charge on any atom is 0.119 e. The molecule has 0 aliphatic heterocycles. The van der Waals surface area contributed by atoms with Gasteiger partial charge in [0.05, 0.1) is 7.11 Å². The third-order valence-corrected chi connectivity index (χ3v) is 2.44. The van der Waals surface area contributed by atoms with Crippen LogP contribution in [0.3, 0.4) is 0 Å². The quantitative estimate of drug-likeness (QED) is 0.555. The van der Waals surface area contributed by atoms with Crippen molar-refractivity contribution < 1.29 is 9.47 Å². The van der Waals surface area contributed by atoms with E-state index in [1.807, 2.05) is 30.3 Å². The molecule has 0 radical (unpaired) electrons. The molecule has 3 nitrogen and oxygen atoms in total. The Bertz CT molecular complexity index is 321. The van der Waals surface area contributed by atoms with E-state index in [9.17, 15) is 0 Å². The summed E-state index contributed by atoms with van der Waals surface area (Å²) in [5, 5.41) is 3.36. The normalized spacial score (nSPS) is 11.9. The van der Waals surface area contributed by atoms with E-state index in [1.54, 1.807) is 7.11 Å². The van der Waals surface area contributed by atoms with Gasteiger partial charge in [0.2, 0.25) is 0 Å². The lowest BCUT2D eigenvalue weighted by atomic mass is 10.2. The molecule has 94 valence electrons. The Morgan fingerprint density at radius 1 is 1.29 bits per heavy atom. The molecule has 0 aromatic heterocycles. The van der Waals surface area contributed by atoms with Gasteiger partial charge >= 0.3 is 0 Å². The molecule has 17 heavy (non-hydrogen) atoms. The summed E-state index contributed by atoms with van der Waals surface area (Å²) >= 11 is 0. The molecule has 0 bridgehead atoms. The van der Waals surface area contributed by atoms with E-state index in [4.69, 9.17) is 9.47 Å². The summed E-state index contributed by atoms with van der Waals surface area (Å²) in [4.78, 5) is 0. The van der Waals surface area contributed by atoms with Crippen LogP contribution in [0.15, 0.2) is 36.9 Å². The molecule has 0 amide bonds. The fourth-order valence-corrected chi connectivity index (χ4v) is 1.48. The average Bonchev–Trinajstić information content (AvgIpc) is 2.36. The molecule has 3 heteroatoms. The van der Waals surface area contributed by atoms with Gasteiger partial charge in [-0.1, -0.05) is 6.08 Å². The topological polar surface area (TPSA) is 30.5 Å². The molecular formula is C14H21NO2. The maximum atomic E-state index is 5.59. The zero-order valence-electron chi connectivity index (χ0n) is 10.6. The van der Waals surface area contributed by atoms with Gasteiger partial charge in [0.1, 0.15) is 18.1 Å². The Morgan fingerprint density at radius 2 is 1.94 bits per heavy atom. The van der Waals surface area contributed by atoms with Crippen LogP contribution >= 0.6 is 0 Å². The van der Waals surface area contributed by atoms with E-state index in [2.05, 4.69) is 18.8 Å². The number of ether oxygens (including phenoxy) is 2. The van der Waals surface area contributed by atoms with Gasteiger partial charge in [-0.3, -0.25) is 0 Å². The zero-order chi connectivity index (χ0) is 12.5. The predicted molar refractivity (Wildman–Crippen MR) is 70.8 cm³/mol. The SMILES string of the molecule is C=CCC(C)NCCOc1ccc(OC)cc1. The minimum atomic E-state index is 0.451. The Labute approximate surface area is 103 Å². The highest BCUT2D eigenvalue weighted by Crippen LogP contribution is 2.16. The maximum absolute atomic E-state index is 5.59. The van der Waals surface area contributed by atoms with E-state index in [0.29, 0.717) is 12.6 Å². The minimum absolute atomic E-state index is 0.451. The average molecular weight is 235 g/mol. The molecule has 0 aliphatic carbocycles. The first-order valence-corrected chi connectivity index (χ1v) is 5.87. The zero-order valence-corrected chi connectivity index (χ0v) is 10.6. The van der Waals surface area contributed by atoms with Gasteiger partial charge in [0, 0.05) is 12.6 Å². The van der Waals surface area contributed by atoms with Crippen LogP contribution < -0.4 is 14.8 Å². The predicted octanol–water partition coefficient (Wildman–Crippen LogP) is 2.63. The number of hydrogen-bond acceptors (Lipinski definition) is 3. The minimum Gasteiger partial charge on any atom is -0.497 e. The van der Waals surface area contributed by atoms with Gasteiger partial charge in [-0.25, -0.2) is 0 Å². The van der Waals surface area contributed by atoms with Crippen molar-refractivity contribution in [1.29, 1.82) is 0 Å². The molecule has 0 saturated heterocycles. The van der Waals surface area contributed by atoms with Crippen LogP contribution in [-0.2, 0) is 0 Å². The van der Waals surface area contributed by atoms with Crippen LogP contribution in [-0.4, -0.2) is 26.3 Å². The molecule has 1 aromatic carbocycles. The molecule has 1 aromatic rings. The van der Waals surface area contributed by atoms with Crippen LogP contribution in [0.2, 0.25) is 0 Å². The summed E-state index contributed by atoms with van der Waals surface area (Å²) in [5.74, 6) is 1.71. The number of methoxy groups -OCH3 is 1. The van der Waals surface area contributed by atoms with E-state index < -0.39 is 0 Å². The molecule has 1 N–H and O–H groups in total. The second-order valence-corrected chi connectivity index (χ2v) is 3.90. The van der Waals surface area contributed by atoms with Crippen LogP contribution in [0.4, 0.5) is 0 Å². The van der Waals surface area contributed by atoms with Crippen molar-refractivity contribution in [2.75, 3.05) is 20.3 Å². The molecule has 0 spiro atoms. The summed E-state index contributed by atoms with van der Waals surface area (Å²) in [7, 11) is 1.65. The lowest BCUT2D eigenvalue weighted by molar-refractivity contribution is 0.306. The first kappa shape index (κ1) is 13.6. The number of benzene rings is 1. The van der Waals surface area contributed by atoms with Crippen molar-refractivity contribution in [2.24, 2.45) is 0 Å². The fraction of sp³-hybridized carbons (Fsp3) is 0.429. The van der Waals surface area contributed by atoms with E-state index >= 15 is 0 Å². The van der Waals surface area contributed by atoms with Crippen LogP contribution in [0.5, 0.6) is 11.5 Å². The second kappa shape index (κ2) is 7.74. The summed E-state index contributed by atoms with van der Waals surface area (Å²) in [6.45, 7) is 7.34. The molecule has 1 atom stereocenters. The van der Waals surface area contributed by atoms with Gasteiger partial charge in [0.15, 0.2) is 0 Å². The summed E-state index contributed by atoms with van der Waals surface area (Å²) in [5.41, 5.74) is 0. The first-order valence-electron chi connectivity index (χ1n) is 5.87. The van der Waals surface area contributed by atoms with Gasteiger partial charge in [0.25, 0.3) is 0 Å². The summed E-state index contributed by atoms with van der Waals surface area (Å²) in [6.07, 6.45) is 2.89. The highest BCUT2D eigenvalue weighted by Gasteiger charge is 1.98. The monoisotopic (exact) mass is 235 g/mol. The largest absolute Gasteiger partial charge is 0.497 e. The summed E-state index contributed by atoms with van der Waals surface area (Å²) < 4.78 is 10.7. The molecule has 0 fully saturated rings. The Hall–Kier alpha value is -1.48. The summed E-state index contributed by atoms with van der Waals surface area (Å²) in [6, 6.07) is 8.05. The molecular weight excluding hydrogens is 214 g/mol. The van der Waals surface area contributed by atoms with Crippen molar-refractivity contribution in [3.8, 4) is 11.5 Å². The molecule has 1 rings (SSSR count). The van der Waals surface area contributed by atoms with Crippen molar-refractivity contribution in [3.05, 3.63) is 36.9 Å². The standard InChI is InChI=1S/C14H21NO2/c1-4-5-12(2)15-10-11-17-14-8-6-13(16-3)7-9-14/h4,6-9,12,15H,1,5,10-11H2,2-3H3. The Morgan fingerprint density at radius 3 is 2.53 bits per heavy atom.